The molecule has 2 aliphatic heterocycles. The van der Waals surface area contributed by atoms with Crippen molar-refractivity contribution >= 4 is 11.8 Å². The van der Waals surface area contributed by atoms with Crippen LogP contribution in [0.3, 0.4) is 0 Å². The lowest BCUT2D eigenvalue weighted by atomic mass is 10.0. The molecule has 0 spiro atoms. The lowest BCUT2D eigenvalue weighted by Gasteiger charge is -2.38. The van der Waals surface area contributed by atoms with Gasteiger partial charge in [-0.3, -0.25) is 14.7 Å². The van der Waals surface area contributed by atoms with Crippen molar-refractivity contribution in [2.45, 2.75) is 44.4 Å². The van der Waals surface area contributed by atoms with Crippen molar-refractivity contribution in [1.29, 1.82) is 0 Å². The number of fused-ring (bicyclic) bond motifs is 5. The van der Waals surface area contributed by atoms with Gasteiger partial charge in [0.1, 0.15) is 11.4 Å². The molecule has 0 unspecified atom stereocenters. The molecule has 3 heterocycles. The second-order valence-corrected chi connectivity index (χ2v) is 9.31. The molecule has 9 nitrogen and oxygen atoms in total. The average molecular weight is 527 g/mol. The van der Waals surface area contributed by atoms with Crippen LogP contribution >= 0.6 is 0 Å². The summed E-state index contributed by atoms with van der Waals surface area (Å²) in [5.74, 6) is 1.09. The molecule has 38 heavy (non-hydrogen) atoms. The number of hydrogen-bond acceptors (Lipinski definition) is 6. The van der Waals surface area contributed by atoms with Crippen molar-refractivity contribution in [3.8, 4) is 17.2 Å². The van der Waals surface area contributed by atoms with Crippen molar-refractivity contribution in [3.63, 3.8) is 0 Å². The van der Waals surface area contributed by atoms with Crippen LogP contribution in [0.15, 0.2) is 48.5 Å². The van der Waals surface area contributed by atoms with Gasteiger partial charge in [0.15, 0.2) is 17.2 Å². The maximum atomic E-state index is 13.0. The first-order valence-corrected chi connectivity index (χ1v) is 12.4. The number of aryl methyl sites for hydroxylation is 1. The number of amides is 2. The van der Waals surface area contributed by atoms with Gasteiger partial charge in [-0.1, -0.05) is 18.2 Å². The monoisotopic (exact) mass is 526 g/mol. The number of carbonyl (C=O) groups is 2. The Labute approximate surface area is 218 Å². The number of aromatic nitrogens is 2. The van der Waals surface area contributed by atoms with E-state index in [2.05, 4.69) is 15.5 Å². The molecule has 2 N–H and O–H groups in total. The summed E-state index contributed by atoms with van der Waals surface area (Å²) in [5, 5.41) is 8.97. The quantitative estimate of drug-likeness (QED) is 0.534. The molecule has 0 saturated carbocycles. The van der Waals surface area contributed by atoms with E-state index in [9.17, 15) is 18.4 Å². The predicted octanol–water partition coefficient (Wildman–Crippen LogP) is 4.01. The Kier molecular flexibility index (Phi) is 7.54. The highest BCUT2D eigenvalue weighted by Gasteiger charge is 2.34. The topological polar surface area (TPSA) is 106 Å². The molecule has 0 aliphatic carbocycles. The third-order valence-corrected chi connectivity index (χ3v) is 6.69. The van der Waals surface area contributed by atoms with E-state index >= 15 is 0 Å². The van der Waals surface area contributed by atoms with Gasteiger partial charge in [-0.15, -0.1) is 0 Å². The summed E-state index contributed by atoms with van der Waals surface area (Å²) in [7, 11) is 1.57. The minimum atomic E-state index is -2.75. The molecule has 1 fully saturated rings. The fourth-order valence-corrected chi connectivity index (χ4v) is 4.70. The summed E-state index contributed by atoms with van der Waals surface area (Å²) in [6, 6.07) is 13.7. The van der Waals surface area contributed by atoms with E-state index in [4.69, 9.17) is 14.2 Å². The average Bonchev–Trinajstić information content (AvgIpc) is 3.42. The van der Waals surface area contributed by atoms with Gasteiger partial charge >= 0.3 is 0 Å². The van der Waals surface area contributed by atoms with Gasteiger partial charge in [-0.2, -0.15) is 5.10 Å². The first-order chi connectivity index (χ1) is 18.4. The molecule has 2 aromatic carbocycles. The third-order valence-electron chi connectivity index (χ3n) is 6.69. The van der Waals surface area contributed by atoms with Gasteiger partial charge in [0.2, 0.25) is 5.91 Å². The van der Waals surface area contributed by atoms with Crippen LogP contribution in [0.4, 0.5) is 8.78 Å². The number of rotatable bonds is 3. The first-order valence-electron chi connectivity index (χ1n) is 12.4. The number of benzene rings is 2. The zero-order chi connectivity index (χ0) is 26.6. The molecule has 3 aromatic rings. The number of halogens is 2. The maximum Gasteiger partial charge on any atom is 0.279 e. The number of aromatic amines is 1. The molecule has 200 valence electrons. The van der Waals surface area contributed by atoms with Gasteiger partial charge in [0, 0.05) is 19.5 Å². The molecule has 0 radical (unpaired) electrons. The van der Waals surface area contributed by atoms with Crippen LogP contribution in [-0.4, -0.2) is 59.3 Å². The molecule has 2 atom stereocenters. The Morgan fingerprint density at radius 1 is 1.16 bits per heavy atom. The van der Waals surface area contributed by atoms with Crippen LogP contribution in [-0.2, 0) is 22.6 Å². The van der Waals surface area contributed by atoms with E-state index in [1.165, 1.54) is 4.90 Å². The molecular weight excluding hydrogens is 498 g/mol. The van der Waals surface area contributed by atoms with Crippen molar-refractivity contribution in [3.05, 3.63) is 71.0 Å². The highest BCUT2D eigenvalue weighted by Crippen LogP contribution is 2.33. The van der Waals surface area contributed by atoms with E-state index in [0.29, 0.717) is 36.6 Å². The second kappa shape index (κ2) is 11.2. The summed E-state index contributed by atoms with van der Waals surface area (Å²) in [6.45, 7) is 0.778. The van der Waals surface area contributed by atoms with E-state index in [0.717, 1.165) is 17.2 Å². The molecule has 1 saturated heterocycles. The Balaban J connectivity index is 1.37. The lowest BCUT2D eigenvalue weighted by Crippen LogP contribution is -2.57. The van der Waals surface area contributed by atoms with Crippen molar-refractivity contribution in [2.75, 3.05) is 20.2 Å². The van der Waals surface area contributed by atoms with Crippen LogP contribution < -0.4 is 14.8 Å². The van der Waals surface area contributed by atoms with Gasteiger partial charge in [-0.05, 0) is 54.3 Å². The number of hydrogen-bond donors (Lipinski definition) is 2. The number of nitrogens with zero attached hydrogens (tertiary/aromatic N) is 2. The van der Waals surface area contributed by atoms with Crippen molar-refractivity contribution in [1.82, 2.24) is 20.4 Å². The molecule has 1 aromatic heterocycles. The number of methoxy groups -OCH3 is 1. The van der Waals surface area contributed by atoms with Gasteiger partial charge in [-0.25, -0.2) is 8.78 Å². The fourth-order valence-electron chi connectivity index (χ4n) is 4.70. The number of likely N-dealkylation sites (tertiary alicyclic amines) is 1. The second-order valence-electron chi connectivity index (χ2n) is 9.31. The minimum absolute atomic E-state index is 0.0877. The Hall–Kier alpha value is -3.99. The predicted molar refractivity (Wildman–Crippen MR) is 132 cm³/mol. The van der Waals surface area contributed by atoms with E-state index in [1.54, 1.807) is 7.11 Å². The van der Waals surface area contributed by atoms with Crippen LogP contribution in [0.1, 0.15) is 46.6 Å². The summed E-state index contributed by atoms with van der Waals surface area (Å²) in [6.07, 6.45) is -1.96. The van der Waals surface area contributed by atoms with Gasteiger partial charge < -0.3 is 24.4 Å². The Morgan fingerprint density at radius 3 is 2.82 bits per heavy atom. The minimum Gasteiger partial charge on any atom is -0.493 e. The standard InChI is InChI=1S/C27H28F2N4O5/c1-36-23-7-5-16-6-8-25(34)30-21-14-33(27(35)20-13-19(26(28)29)31-32-20)10-9-22(21)37-15-17-3-2-4-18(11-17)38-24(23)12-16/h2-5,7,11-13,21-22,26H,6,8-10,14-15H2,1H3,(H,30,34)(H,31,32)/t21-,22+/m0/s1. The summed E-state index contributed by atoms with van der Waals surface area (Å²) >= 11 is 0. The normalized spacial score (nSPS) is 20.0. The molecular formula is C27H28F2N4O5. The molecule has 5 rings (SSSR count). The zero-order valence-corrected chi connectivity index (χ0v) is 20.8. The van der Waals surface area contributed by atoms with Crippen LogP contribution in [0.25, 0.3) is 0 Å². The number of alkyl halides is 2. The number of ether oxygens (including phenoxy) is 3. The fraction of sp³-hybridized carbons (Fsp3) is 0.370. The number of H-pyrrole nitrogens is 1. The maximum absolute atomic E-state index is 13.0. The Morgan fingerprint density at radius 2 is 2.03 bits per heavy atom. The summed E-state index contributed by atoms with van der Waals surface area (Å²) in [4.78, 5) is 27.4. The number of carbonyl (C=O) groups excluding carboxylic acids is 2. The van der Waals surface area contributed by atoms with Gasteiger partial charge in [0.25, 0.3) is 12.3 Å². The van der Waals surface area contributed by atoms with Crippen molar-refractivity contribution in [2.24, 2.45) is 0 Å². The number of nitrogens with one attached hydrogen (secondary N) is 2. The SMILES string of the molecule is COc1ccc2cc1Oc1cccc(c1)CO[C@@H]1CCN(C(=O)c3cc(C(F)F)[nH]n3)C[C@@H]1NC(=O)CC2. The lowest BCUT2D eigenvalue weighted by molar-refractivity contribution is -0.124. The summed E-state index contributed by atoms with van der Waals surface area (Å²) in [5.41, 5.74) is 1.28. The highest BCUT2D eigenvalue weighted by molar-refractivity contribution is 5.92. The largest absolute Gasteiger partial charge is 0.493 e. The number of piperidine rings is 1. The van der Waals surface area contributed by atoms with Crippen LogP contribution in [0.2, 0.25) is 0 Å². The summed E-state index contributed by atoms with van der Waals surface area (Å²) < 4.78 is 43.7. The third kappa shape index (κ3) is 5.77. The smallest absolute Gasteiger partial charge is 0.279 e. The highest BCUT2D eigenvalue weighted by atomic mass is 19.3. The Bertz CT molecular complexity index is 1310. The zero-order valence-electron chi connectivity index (χ0n) is 20.8. The molecule has 2 aliphatic rings. The van der Waals surface area contributed by atoms with Crippen molar-refractivity contribution < 1.29 is 32.6 Å². The molecule has 2 amide bonds. The van der Waals surface area contributed by atoms with Crippen LogP contribution in [0, 0.1) is 0 Å². The molecule has 4 bridgehead atoms. The van der Waals surface area contributed by atoms with Crippen LogP contribution in [0.5, 0.6) is 17.2 Å². The molecule has 11 heteroatoms. The van der Waals surface area contributed by atoms with E-state index < -0.39 is 24.1 Å². The van der Waals surface area contributed by atoms with E-state index in [-0.39, 0.29) is 37.3 Å². The van der Waals surface area contributed by atoms with E-state index in [1.807, 2.05) is 42.5 Å². The first kappa shape index (κ1) is 25.7. The van der Waals surface area contributed by atoms with Gasteiger partial charge in [0.05, 0.1) is 25.9 Å².